The molecule has 3 aromatic carbocycles. The first kappa shape index (κ1) is 15.4. The molecule has 0 aliphatic heterocycles. The van der Waals surface area contributed by atoms with Gasteiger partial charge in [0.2, 0.25) is 0 Å². The number of amides is 1. The summed E-state index contributed by atoms with van der Waals surface area (Å²) in [6.45, 7) is 0. The van der Waals surface area contributed by atoms with E-state index in [2.05, 4.69) is 16.6 Å². The number of aromatic hydroxyl groups is 1. The van der Waals surface area contributed by atoms with E-state index in [0.717, 1.165) is 41.3 Å². The Morgan fingerprint density at radius 1 is 0.960 bits per heavy atom. The second-order valence-electron chi connectivity index (χ2n) is 6.23. The summed E-state index contributed by atoms with van der Waals surface area (Å²) in [6.07, 6.45) is 2.89. The van der Waals surface area contributed by atoms with Gasteiger partial charge in [0.1, 0.15) is 5.75 Å². The summed E-state index contributed by atoms with van der Waals surface area (Å²) in [5.74, 6) is -0.445. The minimum absolute atomic E-state index is 0.0413. The summed E-state index contributed by atoms with van der Waals surface area (Å²) < 4.78 is 0. The molecule has 4 heteroatoms. The van der Waals surface area contributed by atoms with Crippen molar-refractivity contribution in [3.8, 4) is 5.75 Å². The van der Waals surface area contributed by atoms with Gasteiger partial charge >= 0.3 is 0 Å². The highest BCUT2D eigenvalue weighted by Crippen LogP contribution is 2.25. The molecule has 124 valence electrons. The Balaban J connectivity index is 1.62. The van der Waals surface area contributed by atoms with Crippen LogP contribution in [-0.4, -0.2) is 16.7 Å². The zero-order valence-corrected chi connectivity index (χ0v) is 13.7. The molecule has 0 aromatic heterocycles. The molecule has 0 fully saturated rings. The number of hydrazone groups is 1. The van der Waals surface area contributed by atoms with E-state index in [9.17, 15) is 9.90 Å². The second kappa shape index (κ2) is 6.40. The third-order valence-corrected chi connectivity index (χ3v) is 4.59. The number of aryl methyl sites for hydroxylation is 1. The maximum absolute atomic E-state index is 12.5. The van der Waals surface area contributed by atoms with Crippen molar-refractivity contribution in [2.24, 2.45) is 5.10 Å². The summed E-state index contributed by atoms with van der Waals surface area (Å²) in [5.41, 5.74) is 6.07. The molecule has 2 N–H and O–H groups in total. The summed E-state index contributed by atoms with van der Waals surface area (Å²) >= 11 is 0. The van der Waals surface area contributed by atoms with Crippen molar-refractivity contribution >= 4 is 22.4 Å². The van der Waals surface area contributed by atoms with Crippen LogP contribution in [0.1, 0.15) is 34.3 Å². The molecule has 1 aliphatic rings. The molecule has 1 amide bonds. The van der Waals surface area contributed by atoms with E-state index in [0.29, 0.717) is 0 Å². The topological polar surface area (TPSA) is 61.7 Å². The lowest BCUT2D eigenvalue weighted by Crippen LogP contribution is -2.22. The van der Waals surface area contributed by atoms with Gasteiger partial charge in [-0.05, 0) is 47.7 Å². The number of hydrogen-bond acceptors (Lipinski definition) is 3. The fourth-order valence-corrected chi connectivity index (χ4v) is 3.31. The minimum atomic E-state index is -0.404. The van der Waals surface area contributed by atoms with Crippen LogP contribution in [0.5, 0.6) is 5.75 Å². The van der Waals surface area contributed by atoms with Crippen molar-refractivity contribution in [1.82, 2.24) is 5.43 Å². The van der Waals surface area contributed by atoms with Crippen LogP contribution in [0.4, 0.5) is 0 Å². The highest BCUT2D eigenvalue weighted by Gasteiger charge is 2.16. The van der Waals surface area contributed by atoms with Gasteiger partial charge in [0, 0.05) is 5.56 Å². The lowest BCUT2D eigenvalue weighted by molar-refractivity contribution is 0.0952. The number of nitrogens with one attached hydrogen (secondary N) is 1. The average Bonchev–Trinajstić information content (AvgIpc) is 2.65. The van der Waals surface area contributed by atoms with Crippen molar-refractivity contribution in [2.75, 3.05) is 0 Å². The van der Waals surface area contributed by atoms with Crippen molar-refractivity contribution in [3.05, 3.63) is 77.4 Å². The number of carbonyl (C=O) groups excluding carboxylic acids is 1. The maximum atomic E-state index is 12.5. The molecule has 0 radical (unpaired) electrons. The Kier molecular flexibility index (Phi) is 3.94. The van der Waals surface area contributed by atoms with Gasteiger partial charge in [-0.15, -0.1) is 0 Å². The molecule has 0 bridgehead atoms. The van der Waals surface area contributed by atoms with Gasteiger partial charge in [-0.25, -0.2) is 5.43 Å². The van der Waals surface area contributed by atoms with E-state index in [1.165, 1.54) is 5.56 Å². The molecule has 1 aliphatic carbocycles. The van der Waals surface area contributed by atoms with Crippen LogP contribution in [0.15, 0.2) is 65.8 Å². The van der Waals surface area contributed by atoms with E-state index in [1.54, 1.807) is 12.1 Å². The molecule has 0 saturated carbocycles. The van der Waals surface area contributed by atoms with Crippen LogP contribution in [0.2, 0.25) is 0 Å². The predicted molar refractivity (Wildman–Crippen MR) is 99.0 cm³/mol. The van der Waals surface area contributed by atoms with Gasteiger partial charge in [0.05, 0.1) is 11.3 Å². The van der Waals surface area contributed by atoms with Gasteiger partial charge < -0.3 is 5.11 Å². The van der Waals surface area contributed by atoms with Crippen molar-refractivity contribution in [1.29, 1.82) is 0 Å². The summed E-state index contributed by atoms with van der Waals surface area (Å²) in [4.78, 5) is 12.5. The monoisotopic (exact) mass is 330 g/mol. The molecule has 25 heavy (non-hydrogen) atoms. The van der Waals surface area contributed by atoms with Crippen LogP contribution < -0.4 is 5.43 Å². The van der Waals surface area contributed by atoms with Crippen LogP contribution in [0, 0.1) is 0 Å². The van der Waals surface area contributed by atoms with Gasteiger partial charge in [-0.1, -0.05) is 48.5 Å². The number of benzene rings is 3. The normalized spacial score (nSPS) is 15.1. The van der Waals surface area contributed by atoms with Crippen LogP contribution >= 0.6 is 0 Å². The highest BCUT2D eigenvalue weighted by atomic mass is 16.3. The van der Waals surface area contributed by atoms with Gasteiger partial charge in [-0.2, -0.15) is 5.10 Å². The van der Waals surface area contributed by atoms with Crippen LogP contribution in [-0.2, 0) is 6.42 Å². The number of phenolic OH excluding ortho intramolecular Hbond substituents is 1. The van der Waals surface area contributed by atoms with Crippen LogP contribution in [0.3, 0.4) is 0 Å². The molecule has 0 unspecified atom stereocenters. The number of rotatable bonds is 2. The third-order valence-electron chi connectivity index (χ3n) is 4.59. The third kappa shape index (κ3) is 2.98. The Morgan fingerprint density at radius 2 is 1.68 bits per heavy atom. The van der Waals surface area contributed by atoms with E-state index >= 15 is 0 Å². The Labute approximate surface area is 145 Å². The average molecular weight is 330 g/mol. The number of nitrogens with zero attached hydrogens (tertiary/aromatic N) is 1. The van der Waals surface area contributed by atoms with E-state index < -0.39 is 5.91 Å². The second-order valence-corrected chi connectivity index (χ2v) is 6.23. The molecule has 4 nitrogen and oxygen atoms in total. The quantitative estimate of drug-likeness (QED) is 0.697. The summed E-state index contributed by atoms with van der Waals surface area (Å²) in [7, 11) is 0. The maximum Gasteiger partial charge on any atom is 0.275 e. The van der Waals surface area contributed by atoms with Crippen molar-refractivity contribution < 1.29 is 9.90 Å². The first-order valence-electron chi connectivity index (χ1n) is 8.39. The standard InChI is InChI=1S/C21H18N2O2/c24-20-13-16-8-2-1-7-15(16)12-18(20)21(25)23-22-19-11-5-9-14-6-3-4-10-17(14)19/h1-4,6-8,10,12-13,24H,5,9,11H2,(H,23,25). The number of phenols is 1. The first-order chi connectivity index (χ1) is 12.2. The van der Waals surface area contributed by atoms with Gasteiger partial charge in [0.25, 0.3) is 5.91 Å². The van der Waals surface area contributed by atoms with Gasteiger partial charge in [0.15, 0.2) is 0 Å². The van der Waals surface area contributed by atoms with E-state index in [4.69, 9.17) is 0 Å². The van der Waals surface area contributed by atoms with Crippen LogP contribution in [0.25, 0.3) is 10.8 Å². The Bertz CT molecular complexity index is 992. The Morgan fingerprint density at radius 3 is 2.52 bits per heavy atom. The molecule has 4 rings (SSSR count). The SMILES string of the molecule is O=C(NN=C1CCCc2ccccc21)c1cc2ccccc2cc1O. The predicted octanol–water partition coefficient (Wildman–Crippen LogP) is 4.02. The molecule has 3 aromatic rings. The zero-order chi connectivity index (χ0) is 17.2. The smallest absolute Gasteiger partial charge is 0.275 e. The lowest BCUT2D eigenvalue weighted by atomic mass is 9.90. The Hall–Kier alpha value is -3.14. The fraction of sp³-hybridized carbons (Fsp3) is 0.143. The van der Waals surface area contributed by atoms with Crippen molar-refractivity contribution in [2.45, 2.75) is 19.3 Å². The minimum Gasteiger partial charge on any atom is -0.507 e. The molecule has 0 saturated heterocycles. The number of hydrogen-bond donors (Lipinski definition) is 2. The van der Waals surface area contributed by atoms with E-state index in [1.807, 2.05) is 42.5 Å². The molecule has 0 heterocycles. The largest absolute Gasteiger partial charge is 0.507 e. The van der Waals surface area contributed by atoms with Gasteiger partial charge in [-0.3, -0.25) is 4.79 Å². The fourth-order valence-electron chi connectivity index (χ4n) is 3.31. The molecular formula is C21H18N2O2. The molecule has 0 spiro atoms. The summed E-state index contributed by atoms with van der Waals surface area (Å²) in [6, 6.07) is 19.0. The van der Waals surface area contributed by atoms with E-state index in [-0.39, 0.29) is 11.3 Å². The lowest BCUT2D eigenvalue weighted by Gasteiger charge is -2.17. The highest BCUT2D eigenvalue weighted by molar-refractivity contribution is 6.05. The zero-order valence-electron chi connectivity index (χ0n) is 13.7. The summed E-state index contributed by atoms with van der Waals surface area (Å²) in [5, 5.41) is 16.3. The number of carbonyl (C=O) groups is 1. The molecule has 0 atom stereocenters. The first-order valence-corrected chi connectivity index (χ1v) is 8.39. The molecular weight excluding hydrogens is 312 g/mol. The van der Waals surface area contributed by atoms with Crippen molar-refractivity contribution in [3.63, 3.8) is 0 Å². The number of fused-ring (bicyclic) bond motifs is 2.